The summed E-state index contributed by atoms with van der Waals surface area (Å²) in [7, 11) is 0. The van der Waals surface area contributed by atoms with Crippen LogP contribution in [0, 0.1) is 34.0 Å². The maximum atomic E-state index is 15.2. The van der Waals surface area contributed by atoms with E-state index in [0.29, 0.717) is 13.0 Å². The zero-order chi connectivity index (χ0) is 37.3. The van der Waals surface area contributed by atoms with Crippen LogP contribution in [0.25, 0.3) is 0 Å². The fourth-order valence-corrected chi connectivity index (χ4v) is 11.4. The monoisotopic (exact) mass is 698 g/mol. The molecule has 51 heavy (non-hydrogen) atoms. The molecule has 2 aromatic rings. The summed E-state index contributed by atoms with van der Waals surface area (Å²) in [5, 5.41) is 13.7. The summed E-state index contributed by atoms with van der Waals surface area (Å²) in [4.78, 5) is 45.8. The highest BCUT2D eigenvalue weighted by Gasteiger charge is 2.73. The SMILES string of the molecule is CC1=C2[C@@H](C)C(=O)[C@@]3(C)C([C@H](c4ccccc4)[C@](O)(C[C@@H]1OC(=O)[C@@H]1OC(C)(C)C[C@H]1c1ccccc1)C2(C)C)[C@]1(C)CO[C@@H]1C[C@@H]3C.O=C=O. The predicted molar refractivity (Wildman–Crippen MR) is 190 cm³/mol. The summed E-state index contributed by atoms with van der Waals surface area (Å²) in [5.74, 6) is -1.33. The molecule has 2 saturated heterocycles. The van der Waals surface area contributed by atoms with E-state index in [0.717, 1.165) is 28.7 Å². The molecule has 1 N–H and O–H groups in total. The number of esters is 1. The molecule has 2 bridgehead atoms. The van der Waals surface area contributed by atoms with E-state index >= 15 is 4.79 Å². The smallest absolute Gasteiger partial charge is 0.373 e. The Balaban J connectivity index is 0.00000144. The molecule has 4 fully saturated rings. The van der Waals surface area contributed by atoms with Crippen LogP contribution in [-0.2, 0) is 33.4 Å². The number of hydrogen-bond acceptors (Lipinski definition) is 8. The van der Waals surface area contributed by atoms with Crippen molar-refractivity contribution in [2.24, 2.45) is 34.0 Å². The quantitative estimate of drug-likeness (QED) is 0.263. The van der Waals surface area contributed by atoms with Crippen molar-refractivity contribution in [2.75, 3.05) is 6.61 Å². The van der Waals surface area contributed by atoms with Gasteiger partial charge in [0.05, 0.1) is 23.9 Å². The Kier molecular flexibility index (Phi) is 9.45. The van der Waals surface area contributed by atoms with E-state index in [2.05, 4.69) is 46.8 Å². The molecule has 11 atom stereocenters. The first-order valence-corrected chi connectivity index (χ1v) is 18.5. The summed E-state index contributed by atoms with van der Waals surface area (Å²) in [6, 6.07) is 20.3. The lowest BCUT2D eigenvalue weighted by Crippen LogP contribution is -2.72. The van der Waals surface area contributed by atoms with Gasteiger partial charge in [-0.25, -0.2) is 4.79 Å². The Hall–Kier alpha value is -3.42. The summed E-state index contributed by atoms with van der Waals surface area (Å²) < 4.78 is 19.2. The lowest BCUT2D eigenvalue weighted by Gasteiger charge is -2.69. The zero-order valence-electron chi connectivity index (χ0n) is 31.5. The molecule has 7 rings (SSSR count). The first kappa shape index (κ1) is 37.3. The third-order valence-electron chi connectivity index (χ3n) is 14.0. The molecule has 1 unspecified atom stereocenters. The van der Waals surface area contributed by atoms with Crippen LogP contribution in [-0.4, -0.2) is 59.1 Å². The molecule has 2 aromatic carbocycles. The molecule has 8 heteroatoms. The van der Waals surface area contributed by atoms with E-state index in [4.69, 9.17) is 23.8 Å². The number of fused-ring (bicyclic) bond motifs is 5. The molecule has 3 aliphatic carbocycles. The Morgan fingerprint density at radius 2 is 1.47 bits per heavy atom. The van der Waals surface area contributed by atoms with Crippen molar-refractivity contribution < 1.29 is 38.5 Å². The average Bonchev–Trinajstić information content (AvgIpc) is 3.42. The van der Waals surface area contributed by atoms with Crippen LogP contribution in [0.1, 0.15) is 105 Å². The lowest BCUT2D eigenvalue weighted by atomic mass is 9.38. The molecule has 0 amide bonds. The van der Waals surface area contributed by atoms with Crippen molar-refractivity contribution in [3.8, 4) is 0 Å². The van der Waals surface area contributed by atoms with Crippen LogP contribution in [0.5, 0.6) is 0 Å². The number of Topliss-reactive ketones (excluding diaryl/α,β-unsaturated/α-hetero) is 1. The van der Waals surface area contributed by atoms with Gasteiger partial charge in [0.15, 0.2) is 6.10 Å². The van der Waals surface area contributed by atoms with Gasteiger partial charge in [0.2, 0.25) is 0 Å². The van der Waals surface area contributed by atoms with Gasteiger partial charge in [-0.1, -0.05) is 102 Å². The Morgan fingerprint density at radius 1 is 0.902 bits per heavy atom. The molecule has 8 nitrogen and oxygen atoms in total. The summed E-state index contributed by atoms with van der Waals surface area (Å²) in [6.07, 6.45) is 0.550. The molecule has 5 aliphatic rings. The van der Waals surface area contributed by atoms with E-state index in [1.54, 1.807) is 0 Å². The van der Waals surface area contributed by atoms with Crippen molar-refractivity contribution in [3.63, 3.8) is 0 Å². The molecule has 0 aromatic heterocycles. The second kappa shape index (κ2) is 12.9. The van der Waals surface area contributed by atoms with Crippen molar-refractivity contribution in [2.45, 2.75) is 123 Å². The maximum absolute atomic E-state index is 15.2. The Morgan fingerprint density at radius 3 is 2.02 bits per heavy atom. The van der Waals surface area contributed by atoms with Gasteiger partial charge in [-0.05, 0) is 67.7 Å². The molecule has 274 valence electrons. The van der Waals surface area contributed by atoms with Crippen molar-refractivity contribution in [1.29, 1.82) is 0 Å². The minimum Gasteiger partial charge on any atom is -0.456 e. The van der Waals surface area contributed by atoms with Gasteiger partial charge < -0.3 is 19.3 Å². The fourth-order valence-electron chi connectivity index (χ4n) is 11.4. The number of aliphatic hydroxyl groups is 1. The average molecular weight is 699 g/mol. The molecular formula is C43H54O8. The first-order chi connectivity index (χ1) is 23.9. The van der Waals surface area contributed by atoms with Crippen LogP contribution in [0.15, 0.2) is 71.8 Å². The third kappa shape index (κ3) is 5.60. The molecule has 0 radical (unpaired) electrons. The van der Waals surface area contributed by atoms with E-state index in [1.165, 1.54) is 0 Å². The van der Waals surface area contributed by atoms with Gasteiger partial charge in [0.25, 0.3) is 0 Å². The number of rotatable bonds is 4. The fraction of sp³-hybridized carbons (Fsp3) is 0.605. The van der Waals surface area contributed by atoms with Crippen LogP contribution < -0.4 is 0 Å². The van der Waals surface area contributed by atoms with Crippen LogP contribution >= 0.6 is 0 Å². The molecule has 0 spiro atoms. The molecule has 2 aliphatic heterocycles. The summed E-state index contributed by atoms with van der Waals surface area (Å²) in [6.45, 7) is 19.5. The van der Waals surface area contributed by atoms with Gasteiger partial charge in [-0.15, -0.1) is 0 Å². The highest BCUT2D eigenvalue weighted by Crippen LogP contribution is 2.71. The highest BCUT2D eigenvalue weighted by molar-refractivity contribution is 5.91. The van der Waals surface area contributed by atoms with E-state index in [1.807, 2.05) is 76.2 Å². The van der Waals surface area contributed by atoms with Crippen LogP contribution in [0.4, 0.5) is 0 Å². The van der Waals surface area contributed by atoms with Crippen molar-refractivity contribution in [3.05, 3.63) is 82.9 Å². The largest absolute Gasteiger partial charge is 0.456 e. The zero-order valence-corrected chi connectivity index (χ0v) is 31.5. The predicted octanol–water partition coefficient (Wildman–Crippen LogP) is 7.21. The number of ether oxygens (including phenoxy) is 3. The molecule has 2 saturated carbocycles. The second-order valence-electron chi connectivity index (χ2n) is 17.6. The third-order valence-corrected chi connectivity index (χ3v) is 14.0. The van der Waals surface area contributed by atoms with Crippen LogP contribution in [0.2, 0.25) is 0 Å². The van der Waals surface area contributed by atoms with Gasteiger partial charge in [-0.2, -0.15) is 9.59 Å². The van der Waals surface area contributed by atoms with Crippen molar-refractivity contribution >= 4 is 17.9 Å². The lowest BCUT2D eigenvalue weighted by molar-refractivity contribution is -0.283. The minimum absolute atomic E-state index is 0.0257. The number of hydrogen-bond donors (Lipinski definition) is 1. The summed E-state index contributed by atoms with van der Waals surface area (Å²) in [5.41, 5.74) is 0.229. The van der Waals surface area contributed by atoms with Gasteiger partial charge in [0, 0.05) is 40.4 Å². The molecule has 2 heterocycles. The topological polar surface area (TPSA) is 116 Å². The Labute approximate surface area is 302 Å². The number of carbonyl (C=O) groups is 2. The van der Waals surface area contributed by atoms with Gasteiger partial charge in [0.1, 0.15) is 11.9 Å². The number of ketones is 1. The molecular weight excluding hydrogens is 644 g/mol. The van der Waals surface area contributed by atoms with E-state index in [-0.39, 0.29) is 47.6 Å². The number of carbonyl (C=O) groups excluding carboxylic acids is 4. The Bertz CT molecular complexity index is 1720. The first-order valence-electron chi connectivity index (χ1n) is 18.5. The second-order valence-corrected chi connectivity index (χ2v) is 17.6. The van der Waals surface area contributed by atoms with E-state index in [9.17, 15) is 9.90 Å². The van der Waals surface area contributed by atoms with E-state index < -0.39 is 52.0 Å². The highest BCUT2D eigenvalue weighted by atomic mass is 16.6. The normalized spacial score (nSPS) is 40.5. The number of benzene rings is 2. The van der Waals surface area contributed by atoms with Crippen LogP contribution in [0.3, 0.4) is 0 Å². The standard InChI is InChI=1S/C42H54O6.CO2/c1-24-20-31-40(8,23-46-31)35-33(28-18-14-11-15-19-28)42(45)22-30(25(2)32(39(42,6)7)26(3)36(43)41(24,35)9)47-37(44)34-29(21-38(4,5)48-34)27-16-12-10-13-17-27;2-1-3/h10-19,24,26,29-31,33-35,45H,20-23H2,1-9H3;/t24-,26+,29-,30-,31+,33-,34+,35?,40+,41+,42+;/m0./s1. The maximum Gasteiger partial charge on any atom is 0.373 e. The minimum atomic E-state index is -1.34. The van der Waals surface area contributed by atoms with Crippen molar-refractivity contribution in [1.82, 2.24) is 0 Å². The summed E-state index contributed by atoms with van der Waals surface area (Å²) >= 11 is 0. The van der Waals surface area contributed by atoms with Gasteiger partial charge in [-0.3, -0.25) is 4.79 Å². The van der Waals surface area contributed by atoms with Gasteiger partial charge >= 0.3 is 12.1 Å².